The molecular formula is C18H15BrN2O4. The predicted molar refractivity (Wildman–Crippen MR) is 96.2 cm³/mol. The smallest absolute Gasteiger partial charge is 0.338 e. The maximum Gasteiger partial charge on any atom is 0.338 e. The Balaban J connectivity index is 1.92. The molecule has 1 aliphatic carbocycles. The van der Waals surface area contributed by atoms with E-state index in [0.717, 1.165) is 10.0 Å². The summed E-state index contributed by atoms with van der Waals surface area (Å²) in [4.78, 5) is 29.0. The Kier molecular flexibility index (Phi) is 4.85. The third-order valence-corrected chi connectivity index (χ3v) is 4.37. The van der Waals surface area contributed by atoms with E-state index in [4.69, 9.17) is 9.47 Å². The summed E-state index contributed by atoms with van der Waals surface area (Å²) < 4.78 is 10.7. The van der Waals surface area contributed by atoms with Crippen LogP contribution in [0.15, 0.2) is 46.6 Å². The van der Waals surface area contributed by atoms with Gasteiger partial charge in [0, 0.05) is 22.5 Å². The van der Waals surface area contributed by atoms with E-state index >= 15 is 0 Å². The summed E-state index contributed by atoms with van der Waals surface area (Å²) in [6.07, 6.45) is 1.85. The highest BCUT2D eigenvalue weighted by molar-refractivity contribution is 9.10. The average Bonchev–Trinajstić information content (AvgIpc) is 3.00. The van der Waals surface area contributed by atoms with Gasteiger partial charge in [0.05, 0.1) is 31.7 Å². The van der Waals surface area contributed by atoms with Crippen LogP contribution in [0.4, 0.5) is 5.69 Å². The Hall–Kier alpha value is -2.67. The summed E-state index contributed by atoms with van der Waals surface area (Å²) in [6, 6.07) is 8.86. The molecule has 1 aromatic heterocycles. The van der Waals surface area contributed by atoms with Gasteiger partial charge in [-0.25, -0.2) is 9.78 Å². The van der Waals surface area contributed by atoms with Crippen molar-refractivity contribution in [3.63, 3.8) is 0 Å². The molecule has 1 N–H and O–H groups in total. The van der Waals surface area contributed by atoms with Gasteiger partial charge in [-0.1, -0.05) is 22.0 Å². The first-order valence-corrected chi connectivity index (χ1v) is 8.24. The van der Waals surface area contributed by atoms with Crippen LogP contribution in [0.25, 0.3) is 5.57 Å². The lowest BCUT2D eigenvalue weighted by molar-refractivity contribution is -0.133. The van der Waals surface area contributed by atoms with Crippen molar-refractivity contribution < 1.29 is 19.1 Å². The number of carbonyl (C=O) groups excluding carboxylic acids is 2. The summed E-state index contributed by atoms with van der Waals surface area (Å²) in [5.74, 6) is -0.440. The van der Waals surface area contributed by atoms with Crippen molar-refractivity contribution in [1.82, 2.24) is 4.98 Å². The summed E-state index contributed by atoms with van der Waals surface area (Å²) in [6.45, 7) is 0. The first-order valence-electron chi connectivity index (χ1n) is 7.45. The highest BCUT2D eigenvalue weighted by Gasteiger charge is 2.31. The standard InChI is InChI=1S/C18H15BrN2O4/c1-24-15-6-4-12(9-20-15)21-17(22)14-8-10-7-11(19)3-5-13(10)16(14)18(23)25-2/h3-7,9H,8H2,1-2H3,(H,21,22). The van der Waals surface area contributed by atoms with Crippen molar-refractivity contribution in [2.75, 3.05) is 19.5 Å². The maximum absolute atomic E-state index is 12.7. The molecule has 2 aromatic rings. The number of esters is 1. The lowest BCUT2D eigenvalue weighted by atomic mass is 10.1. The number of amides is 1. The maximum atomic E-state index is 12.7. The molecule has 0 radical (unpaired) electrons. The van der Waals surface area contributed by atoms with E-state index in [0.29, 0.717) is 34.7 Å². The molecule has 0 saturated heterocycles. The fourth-order valence-electron chi connectivity index (χ4n) is 2.70. The van der Waals surface area contributed by atoms with Crippen LogP contribution in [0.3, 0.4) is 0 Å². The molecule has 0 unspecified atom stereocenters. The van der Waals surface area contributed by atoms with E-state index in [1.54, 1.807) is 18.2 Å². The molecule has 1 heterocycles. The Morgan fingerprint density at radius 3 is 2.64 bits per heavy atom. The van der Waals surface area contributed by atoms with Crippen molar-refractivity contribution in [3.8, 4) is 5.88 Å². The number of aromatic nitrogens is 1. The first kappa shape index (κ1) is 17.2. The molecule has 0 saturated carbocycles. The number of fused-ring (bicyclic) bond motifs is 1. The van der Waals surface area contributed by atoms with Gasteiger partial charge in [0.25, 0.3) is 5.91 Å². The number of methoxy groups -OCH3 is 2. The van der Waals surface area contributed by atoms with Gasteiger partial charge in [0.2, 0.25) is 5.88 Å². The number of pyridine rings is 1. The number of hydrogen-bond donors (Lipinski definition) is 1. The Bertz CT molecular complexity index is 875. The van der Waals surface area contributed by atoms with Crippen molar-refractivity contribution in [2.24, 2.45) is 0 Å². The van der Waals surface area contributed by atoms with Gasteiger partial charge in [-0.15, -0.1) is 0 Å². The van der Waals surface area contributed by atoms with Gasteiger partial charge in [0.15, 0.2) is 0 Å². The molecule has 0 bridgehead atoms. The molecule has 0 atom stereocenters. The number of benzene rings is 1. The predicted octanol–water partition coefficient (Wildman–Crippen LogP) is 2.97. The Morgan fingerprint density at radius 2 is 2.00 bits per heavy atom. The highest BCUT2D eigenvalue weighted by atomic mass is 79.9. The van der Waals surface area contributed by atoms with Crippen LogP contribution < -0.4 is 10.1 Å². The van der Waals surface area contributed by atoms with Gasteiger partial charge in [-0.3, -0.25) is 4.79 Å². The zero-order chi connectivity index (χ0) is 18.0. The van der Waals surface area contributed by atoms with Crippen LogP contribution in [0, 0.1) is 0 Å². The molecule has 1 aromatic carbocycles. The van der Waals surface area contributed by atoms with Crippen LogP contribution >= 0.6 is 15.9 Å². The van der Waals surface area contributed by atoms with E-state index in [-0.39, 0.29) is 5.91 Å². The molecule has 0 aliphatic heterocycles. The van der Waals surface area contributed by atoms with E-state index in [2.05, 4.69) is 26.2 Å². The lowest BCUT2D eigenvalue weighted by Crippen LogP contribution is -2.17. The summed E-state index contributed by atoms with van der Waals surface area (Å²) in [5, 5.41) is 2.76. The van der Waals surface area contributed by atoms with Crippen molar-refractivity contribution in [2.45, 2.75) is 6.42 Å². The molecule has 25 heavy (non-hydrogen) atoms. The van der Waals surface area contributed by atoms with E-state index in [1.807, 2.05) is 12.1 Å². The van der Waals surface area contributed by atoms with E-state index < -0.39 is 5.97 Å². The summed E-state index contributed by atoms with van der Waals surface area (Å²) in [7, 11) is 2.82. The number of nitrogens with one attached hydrogen (secondary N) is 1. The number of rotatable bonds is 4. The Morgan fingerprint density at radius 1 is 1.20 bits per heavy atom. The number of halogens is 1. The number of anilines is 1. The molecule has 7 heteroatoms. The monoisotopic (exact) mass is 402 g/mol. The van der Waals surface area contributed by atoms with Crippen LogP contribution in [0.1, 0.15) is 11.1 Å². The van der Waals surface area contributed by atoms with Crippen LogP contribution in [0.2, 0.25) is 0 Å². The second kappa shape index (κ2) is 7.06. The molecular weight excluding hydrogens is 388 g/mol. The minimum Gasteiger partial charge on any atom is -0.481 e. The fraction of sp³-hybridized carbons (Fsp3) is 0.167. The van der Waals surface area contributed by atoms with Crippen molar-refractivity contribution in [3.05, 3.63) is 57.7 Å². The molecule has 1 aliphatic rings. The topological polar surface area (TPSA) is 77.5 Å². The number of hydrogen-bond acceptors (Lipinski definition) is 5. The zero-order valence-electron chi connectivity index (χ0n) is 13.6. The molecule has 6 nitrogen and oxygen atoms in total. The van der Waals surface area contributed by atoms with E-state index in [1.165, 1.54) is 20.4 Å². The second-order valence-corrected chi connectivity index (χ2v) is 6.28. The normalized spacial score (nSPS) is 12.6. The van der Waals surface area contributed by atoms with Gasteiger partial charge >= 0.3 is 5.97 Å². The fourth-order valence-corrected chi connectivity index (χ4v) is 3.11. The molecule has 128 valence electrons. The third kappa shape index (κ3) is 3.41. The van der Waals surface area contributed by atoms with Gasteiger partial charge in [-0.05, 0) is 29.3 Å². The highest BCUT2D eigenvalue weighted by Crippen LogP contribution is 2.35. The van der Waals surface area contributed by atoms with Crippen LogP contribution in [-0.2, 0) is 20.7 Å². The quantitative estimate of drug-likeness (QED) is 0.795. The summed E-state index contributed by atoms with van der Waals surface area (Å²) >= 11 is 3.41. The van der Waals surface area contributed by atoms with E-state index in [9.17, 15) is 9.59 Å². The number of ether oxygens (including phenoxy) is 2. The first-order chi connectivity index (χ1) is 12.0. The largest absolute Gasteiger partial charge is 0.481 e. The molecule has 0 spiro atoms. The van der Waals surface area contributed by atoms with Crippen molar-refractivity contribution >= 4 is 39.1 Å². The minimum atomic E-state index is -0.529. The second-order valence-electron chi connectivity index (χ2n) is 5.37. The van der Waals surface area contributed by atoms with Crippen LogP contribution in [-0.4, -0.2) is 31.1 Å². The summed E-state index contributed by atoms with van der Waals surface area (Å²) in [5.41, 5.74) is 2.79. The van der Waals surface area contributed by atoms with Crippen LogP contribution in [0.5, 0.6) is 5.88 Å². The number of nitrogens with zero attached hydrogens (tertiary/aromatic N) is 1. The van der Waals surface area contributed by atoms with Gasteiger partial charge in [0.1, 0.15) is 0 Å². The number of carbonyl (C=O) groups is 2. The molecule has 0 fully saturated rings. The average molecular weight is 403 g/mol. The molecule has 1 amide bonds. The molecule has 3 rings (SSSR count). The SMILES string of the molecule is COC(=O)C1=C(C(=O)Nc2ccc(OC)nc2)Cc2cc(Br)ccc21. The zero-order valence-corrected chi connectivity index (χ0v) is 15.2. The van der Waals surface area contributed by atoms with Gasteiger partial charge in [-0.2, -0.15) is 0 Å². The lowest BCUT2D eigenvalue weighted by Gasteiger charge is -2.08. The minimum absolute atomic E-state index is 0.295. The van der Waals surface area contributed by atoms with Crippen molar-refractivity contribution in [1.29, 1.82) is 0 Å². The Labute approximate surface area is 153 Å². The van der Waals surface area contributed by atoms with Gasteiger partial charge < -0.3 is 14.8 Å². The third-order valence-electron chi connectivity index (χ3n) is 3.87.